The van der Waals surface area contributed by atoms with E-state index in [0.717, 1.165) is 26.1 Å². The second-order valence-electron chi connectivity index (χ2n) is 5.43. The van der Waals surface area contributed by atoms with Crippen molar-refractivity contribution in [3.8, 4) is 0 Å². The third-order valence-corrected chi connectivity index (χ3v) is 3.99. The number of nitrogen functional groups attached to an aromatic ring is 1. The van der Waals surface area contributed by atoms with Crippen molar-refractivity contribution >= 4 is 42.1 Å². The topological polar surface area (TPSA) is 62.5 Å². The van der Waals surface area contributed by atoms with Crippen LogP contribution in [0.1, 0.15) is 16.8 Å². The molecule has 0 radical (unpaired) electrons. The molecule has 3 rings (SSSR count). The van der Waals surface area contributed by atoms with Gasteiger partial charge in [-0.1, -0.05) is 18.2 Å². The van der Waals surface area contributed by atoms with Crippen LogP contribution in [0, 0.1) is 0 Å². The van der Waals surface area contributed by atoms with Crippen molar-refractivity contribution < 1.29 is 4.79 Å². The molecule has 1 fully saturated rings. The Bertz CT molecular complexity index is 654. The quantitative estimate of drug-likeness (QED) is 0.884. The summed E-state index contributed by atoms with van der Waals surface area (Å²) in [6.07, 6.45) is 4.10. The van der Waals surface area contributed by atoms with Gasteiger partial charge in [0.15, 0.2) is 0 Å². The van der Waals surface area contributed by atoms with Crippen LogP contribution < -0.4 is 10.6 Å². The molecule has 1 aliphatic rings. The van der Waals surface area contributed by atoms with Crippen molar-refractivity contribution in [2.45, 2.75) is 6.42 Å². The van der Waals surface area contributed by atoms with Crippen molar-refractivity contribution in [2.24, 2.45) is 0 Å². The van der Waals surface area contributed by atoms with Crippen LogP contribution in [-0.2, 0) is 0 Å². The molecule has 7 heteroatoms. The van der Waals surface area contributed by atoms with Gasteiger partial charge in [0, 0.05) is 49.9 Å². The van der Waals surface area contributed by atoms with E-state index in [4.69, 9.17) is 5.73 Å². The molecule has 2 N–H and O–H groups in total. The van der Waals surface area contributed by atoms with Crippen molar-refractivity contribution in [1.82, 2.24) is 9.88 Å². The fourth-order valence-electron chi connectivity index (χ4n) is 2.77. The summed E-state index contributed by atoms with van der Waals surface area (Å²) in [7, 11) is 0. The number of hydrogen-bond acceptors (Lipinski definition) is 4. The lowest BCUT2D eigenvalue weighted by Crippen LogP contribution is -2.35. The fourth-order valence-corrected chi connectivity index (χ4v) is 2.77. The Kier molecular flexibility index (Phi) is 7.82. The third kappa shape index (κ3) is 4.52. The number of anilines is 2. The highest BCUT2D eigenvalue weighted by Crippen LogP contribution is 2.18. The number of rotatable bonds is 2. The summed E-state index contributed by atoms with van der Waals surface area (Å²) in [5.74, 6) is -0.0273. The summed E-state index contributed by atoms with van der Waals surface area (Å²) in [6, 6.07) is 12.0. The van der Waals surface area contributed by atoms with E-state index >= 15 is 0 Å². The molecule has 1 aliphatic heterocycles. The van der Waals surface area contributed by atoms with Crippen LogP contribution in [0.4, 0.5) is 11.4 Å². The van der Waals surface area contributed by atoms with Gasteiger partial charge in [0.2, 0.25) is 0 Å². The number of pyridine rings is 1. The minimum absolute atomic E-state index is 0. The predicted molar refractivity (Wildman–Crippen MR) is 102 cm³/mol. The van der Waals surface area contributed by atoms with Crippen LogP contribution in [-0.4, -0.2) is 42.0 Å². The van der Waals surface area contributed by atoms with E-state index in [1.54, 1.807) is 18.5 Å². The number of benzene rings is 1. The summed E-state index contributed by atoms with van der Waals surface area (Å²) in [6.45, 7) is 3.23. The number of aromatic nitrogens is 1. The first-order valence-electron chi connectivity index (χ1n) is 7.54. The Morgan fingerprint density at radius 3 is 2.46 bits per heavy atom. The van der Waals surface area contributed by atoms with E-state index < -0.39 is 0 Å². The monoisotopic (exact) mass is 368 g/mol. The largest absolute Gasteiger partial charge is 0.398 e. The zero-order chi connectivity index (χ0) is 15.4. The molecular weight excluding hydrogens is 347 g/mol. The summed E-state index contributed by atoms with van der Waals surface area (Å²) in [4.78, 5) is 20.8. The van der Waals surface area contributed by atoms with Gasteiger partial charge < -0.3 is 15.5 Å². The molecule has 1 amide bonds. The number of hydrogen-bond donors (Lipinski definition) is 1. The predicted octanol–water partition coefficient (Wildman–Crippen LogP) is 2.86. The maximum absolute atomic E-state index is 12.6. The van der Waals surface area contributed by atoms with E-state index in [9.17, 15) is 4.79 Å². The molecule has 0 aliphatic carbocycles. The standard InChI is InChI=1S/C17H20N4O.2ClH/c18-16-7-8-19-13-15(16)17(22)21-10-4-9-20(11-12-21)14-5-2-1-3-6-14;;/h1-3,5-8,13H,4,9-12H2,(H2,18,19);2*1H. The molecule has 0 spiro atoms. The average molecular weight is 369 g/mol. The minimum atomic E-state index is -0.0273. The maximum Gasteiger partial charge on any atom is 0.257 e. The van der Waals surface area contributed by atoms with Crippen molar-refractivity contribution in [2.75, 3.05) is 36.8 Å². The first-order valence-corrected chi connectivity index (χ1v) is 7.54. The molecule has 1 saturated heterocycles. The summed E-state index contributed by atoms with van der Waals surface area (Å²) < 4.78 is 0. The Morgan fingerprint density at radius 1 is 1.00 bits per heavy atom. The Morgan fingerprint density at radius 2 is 1.75 bits per heavy atom. The highest BCUT2D eigenvalue weighted by molar-refractivity contribution is 5.98. The molecule has 2 heterocycles. The highest BCUT2D eigenvalue weighted by atomic mass is 35.5. The number of nitrogens with zero attached hydrogens (tertiary/aromatic N) is 3. The Labute approximate surface area is 154 Å². The molecule has 2 aromatic rings. The van der Waals surface area contributed by atoms with Crippen LogP contribution in [0.15, 0.2) is 48.8 Å². The third-order valence-electron chi connectivity index (χ3n) is 3.99. The summed E-state index contributed by atoms with van der Waals surface area (Å²) in [5.41, 5.74) is 8.08. The summed E-state index contributed by atoms with van der Waals surface area (Å²) in [5, 5.41) is 0. The molecular formula is C17H22Cl2N4O. The zero-order valence-electron chi connectivity index (χ0n) is 13.3. The maximum atomic E-state index is 12.6. The first kappa shape index (κ1) is 20.1. The highest BCUT2D eigenvalue weighted by Gasteiger charge is 2.21. The minimum Gasteiger partial charge on any atom is -0.398 e. The van der Waals surface area contributed by atoms with Crippen LogP contribution >= 0.6 is 24.8 Å². The van der Waals surface area contributed by atoms with Gasteiger partial charge >= 0.3 is 0 Å². The van der Waals surface area contributed by atoms with Gasteiger partial charge in [-0.15, -0.1) is 24.8 Å². The Hall–Kier alpha value is -1.98. The summed E-state index contributed by atoms with van der Waals surface area (Å²) >= 11 is 0. The molecule has 0 unspecified atom stereocenters. The van der Waals surface area contributed by atoms with Gasteiger partial charge in [-0.3, -0.25) is 9.78 Å². The molecule has 0 bridgehead atoms. The van der Waals surface area contributed by atoms with Gasteiger partial charge in [-0.25, -0.2) is 0 Å². The van der Waals surface area contributed by atoms with E-state index in [1.165, 1.54) is 5.69 Å². The molecule has 130 valence electrons. The number of carbonyl (C=O) groups excluding carboxylic acids is 1. The molecule has 0 saturated carbocycles. The average Bonchev–Trinajstić information content (AvgIpc) is 2.81. The van der Waals surface area contributed by atoms with Gasteiger partial charge in [0.25, 0.3) is 5.91 Å². The lowest BCUT2D eigenvalue weighted by Gasteiger charge is -2.24. The Balaban J connectivity index is 0.00000144. The van der Waals surface area contributed by atoms with Gasteiger partial charge in [-0.05, 0) is 24.6 Å². The fraction of sp³-hybridized carbons (Fsp3) is 0.294. The van der Waals surface area contributed by atoms with E-state index in [1.807, 2.05) is 23.1 Å². The van der Waals surface area contributed by atoms with Crippen molar-refractivity contribution in [1.29, 1.82) is 0 Å². The normalized spacial score (nSPS) is 14.2. The lowest BCUT2D eigenvalue weighted by molar-refractivity contribution is 0.0767. The number of carbonyl (C=O) groups is 1. The van der Waals surface area contributed by atoms with Crippen molar-refractivity contribution in [3.63, 3.8) is 0 Å². The van der Waals surface area contributed by atoms with E-state index in [-0.39, 0.29) is 30.7 Å². The second-order valence-corrected chi connectivity index (χ2v) is 5.43. The number of amides is 1. The number of halogens is 2. The molecule has 24 heavy (non-hydrogen) atoms. The number of nitrogens with two attached hydrogens (primary N) is 1. The SMILES string of the molecule is Cl.Cl.Nc1ccncc1C(=O)N1CCCN(c2ccccc2)CC1. The lowest BCUT2D eigenvalue weighted by atomic mass is 10.2. The van der Waals surface area contributed by atoms with Crippen LogP contribution in [0.25, 0.3) is 0 Å². The second kappa shape index (κ2) is 9.35. The molecule has 1 aromatic carbocycles. The smallest absolute Gasteiger partial charge is 0.257 e. The van der Waals surface area contributed by atoms with Crippen LogP contribution in [0.3, 0.4) is 0 Å². The van der Waals surface area contributed by atoms with Crippen LogP contribution in [0.2, 0.25) is 0 Å². The molecule has 1 aromatic heterocycles. The molecule has 0 atom stereocenters. The van der Waals surface area contributed by atoms with Crippen molar-refractivity contribution in [3.05, 3.63) is 54.4 Å². The molecule has 5 nitrogen and oxygen atoms in total. The van der Waals surface area contributed by atoms with Gasteiger partial charge in [0.05, 0.1) is 5.56 Å². The first-order chi connectivity index (χ1) is 10.8. The van der Waals surface area contributed by atoms with Gasteiger partial charge in [-0.2, -0.15) is 0 Å². The van der Waals surface area contributed by atoms with Gasteiger partial charge in [0.1, 0.15) is 0 Å². The number of para-hydroxylation sites is 1. The van der Waals surface area contributed by atoms with E-state index in [0.29, 0.717) is 17.8 Å². The van der Waals surface area contributed by atoms with E-state index in [2.05, 4.69) is 22.0 Å². The zero-order valence-corrected chi connectivity index (χ0v) is 14.9. The van der Waals surface area contributed by atoms with Crippen LogP contribution in [0.5, 0.6) is 0 Å².